The number of carbonyl (C=O) groups is 1. The maximum Gasteiger partial charge on any atom is 0.238 e. The first-order valence-electron chi connectivity index (χ1n) is 7.68. The van der Waals surface area contributed by atoms with Crippen molar-refractivity contribution in [3.8, 4) is 11.5 Å². The molecule has 0 spiro atoms. The first-order chi connectivity index (χ1) is 11.1. The minimum Gasteiger partial charge on any atom is -0.495 e. The zero-order valence-electron chi connectivity index (χ0n) is 13.8. The fourth-order valence-electron chi connectivity index (χ4n) is 2.79. The van der Waals surface area contributed by atoms with Gasteiger partial charge in [0.2, 0.25) is 5.91 Å². The Morgan fingerprint density at radius 1 is 1.35 bits per heavy atom. The molecule has 1 saturated heterocycles. The summed E-state index contributed by atoms with van der Waals surface area (Å²) >= 11 is 6.12. The number of carbonyl (C=O) groups excluding carboxylic acids is 1. The molecule has 1 aromatic rings. The molecular formula is C16H24ClN3O3. The Kier molecular flexibility index (Phi) is 6.50. The maximum atomic E-state index is 12.3. The van der Waals surface area contributed by atoms with Gasteiger partial charge < -0.3 is 20.1 Å². The van der Waals surface area contributed by atoms with Gasteiger partial charge in [0, 0.05) is 18.7 Å². The Bertz CT molecular complexity index is 554. The van der Waals surface area contributed by atoms with Crippen molar-refractivity contribution in [2.45, 2.75) is 18.9 Å². The van der Waals surface area contributed by atoms with Crippen LogP contribution in [0.1, 0.15) is 12.8 Å². The molecule has 0 radical (unpaired) electrons. The van der Waals surface area contributed by atoms with E-state index in [0.717, 1.165) is 25.9 Å². The van der Waals surface area contributed by atoms with E-state index < -0.39 is 0 Å². The molecule has 1 aliphatic rings. The van der Waals surface area contributed by atoms with Crippen molar-refractivity contribution in [2.75, 3.05) is 46.2 Å². The number of nitrogens with zero attached hydrogens (tertiary/aromatic N) is 1. The number of halogens is 1. The molecule has 2 N–H and O–H groups in total. The lowest BCUT2D eigenvalue weighted by atomic mass is 10.1. The molecule has 2 rings (SSSR count). The number of likely N-dealkylation sites (tertiary alicyclic amines) is 1. The van der Waals surface area contributed by atoms with Crippen LogP contribution in [0.2, 0.25) is 5.02 Å². The molecule has 23 heavy (non-hydrogen) atoms. The molecule has 128 valence electrons. The number of piperidine rings is 1. The lowest BCUT2D eigenvalue weighted by Gasteiger charge is -2.31. The van der Waals surface area contributed by atoms with Gasteiger partial charge in [-0.2, -0.15) is 0 Å². The second-order valence-electron chi connectivity index (χ2n) is 5.60. The molecule has 0 aromatic heterocycles. The minimum atomic E-state index is -0.0821. The van der Waals surface area contributed by atoms with Gasteiger partial charge in [-0.25, -0.2) is 0 Å². The molecule has 1 heterocycles. The van der Waals surface area contributed by atoms with Crippen LogP contribution in [0, 0.1) is 0 Å². The fraction of sp³-hybridized carbons (Fsp3) is 0.562. The van der Waals surface area contributed by atoms with Crippen LogP contribution < -0.4 is 20.1 Å². The largest absolute Gasteiger partial charge is 0.495 e. The highest BCUT2D eigenvalue weighted by Gasteiger charge is 2.21. The summed E-state index contributed by atoms with van der Waals surface area (Å²) < 4.78 is 10.4. The van der Waals surface area contributed by atoms with Gasteiger partial charge in [-0.3, -0.25) is 9.69 Å². The van der Waals surface area contributed by atoms with Crippen LogP contribution in [0.3, 0.4) is 0 Å². The third-order valence-corrected chi connectivity index (χ3v) is 4.32. The van der Waals surface area contributed by atoms with E-state index in [1.807, 2.05) is 7.05 Å². The van der Waals surface area contributed by atoms with Crippen LogP contribution in [-0.2, 0) is 4.79 Å². The van der Waals surface area contributed by atoms with Gasteiger partial charge in [0.25, 0.3) is 0 Å². The minimum absolute atomic E-state index is 0.0821. The summed E-state index contributed by atoms with van der Waals surface area (Å²) in [5.41, 5.74) is 0.547. The third-order valence-electron chi connectivity index (χ3n) is 4.03. The number of hydrogen-bond acceptors (Lipinski definition) is 5. The van der Waals surface area contributed by atoms with Crippen molar-refractivity contribution < 1.29 is 14.3 Å². The van der Waals surface area contributed by atoms with Gasteiger partial charge in [0.15, 0.2) is 0 Å². The lowest BCUT2D eigenvalue weighted by molar-refractivity contribution is -0.117. The van der Waals surface area contributed by atoms with Crippen LogP contribution in [-0.4, -0.2) is 57.8 Å². The molecule has 0 saturated carbocycles. The molecule has 0 aliphatic carbocycles. The Morgan fingerprint density at radius 3 is 2.74 bits per heavy atom. The molecule has 1 unspecified atom stereocenters. The average Bonchev–Trinajstić information content (AvgIpc) is 2.55. The number of ether oxygens (including phenoxy) is 2. The van der Waals surface area contributed by atoms with E-state index in [9.17, 15) is 4.79 Å². The highest BCUT2D eigenvalue weighted by molar-refractivity contribution is 6.32. The van der Waals surface area contributed by atoms with Crippen LogP contribution in [0.5, 0.6) is 11.5 Å². The lowest BCUT2D eigenvalue weighted by Crippen LogP contribution is -2.46. The quantitative estimate of drug-likeness (QED) is 0.828. The summed E-state index contributed by atoms with van der Waals surface area (Å²) in [7, 11) is 5.03. The van der Waals surface area contributed by atoms with Gasteiger partial charge in [-0.05, 0) is 32.5 Å². The number of likely N-dealkylation sites (N-methyl/N-ethyl adjacent to an activating group) is 1. The summed E-state index contributed by atoms with van der Waals surface area (Å²) in [4.78, 5) is 14.5. The van der Waals surface area contributed by atoms with Gasteiger partial charge in [-0.1, -0.05) is 11.6 Å². The fourth-order valence-corrected chi connectivity index (χ4v) is 3.03. The number of methoxy groups -OCH3 is 2. The summed E-state index contributed by atoms with van der Waals surface area (Å²) in [6.45, 7) is 2.17. The summed E-state index contributed by atoms with van der Waals surface area (Å²) in [6.07, 6.45) is 2.24. The van der Waals surface area contributed by atoms with Crippen molar-refractivity contribution in [1.29, 1.82) is 0 Å². The maximum absolute atomic E-state index is 12.3. The van der Waals surface area contributed by atoms with Crippen molar-refractivity contribution in [3.63, 3.8) is 0 Å². The molecule has 1 amide bonds. The normalized spacial score (nSPS) is 18.5. The topological polar surface area (TPSA) is 62.8 Å². The molecule has 0 bridgehead atoms. The van der Waals surface area contributed by atoms with Crippen LogP contribution in [0.25, 0.3) is 0 Å². The van der Waals surface area contributed by atoms with Crippen molar-refractivity contribution in [1.82, 2.24) is 10.2 Å². The predicted octanol–water partition coefficient (Wildman–Crippen LogP) is 1.98. The van der Waals surface area contributed by atoms with E-state index in [0.29, 0.717) is 34.8 Å². The van der Waals surface area contributed by atoms with E-state index in [2.05, 4.69) is 15.5 Å². The number of benzene rings is 1. The summed E-state index contributed by atoms with van der Waals surface area (Å²) in [5, 5.41) is 6.57. The molecular weight excluding hydrogens is 318 g/mol. The Balaban J connectivity index is 2.01. The molecule has 1 aliphatic heterocycles. The predicted molar refractivity (Wildman–Crippen MR) is 91.7 cm³/mol. The number of nitrogens with one attached hydrogen (secondary N) is 2. The van der Waals surface area contributed by atoms with Gasteiger partial charge in [-0.15, -0.1) is 0 Å². The Hall–Kier alpha value is -1.50. The van der Waals surface area contributed by atoms with Crippen LogP contribution in [0.4, 0.5) is 5.69 Å². The molecule has 1 fully saturated rings. The van der Waals surface area contributed by atoms with Crippen molar-refractivity contribution in [2.24, 2.45) is 0 Å². The molecule has 6 nitrogen and oxygen atoms in total. The number of anilines is 1. The summed E-state index contributed by atoms with van der Waals surface area (Å²) in [5.74, 6) is 0.946. The van der Waals surface area contributed by atoms with E-state index in [1.165, 1.54) is 7.11 Å². The van der Waals surface area contributed by atoms with Crippen LogP contribution in [0.15, 0.2) is 12.1 Å². The first kappa shape index (κ1) is 17.8. The van der Waals surface area contributed by atoms with Crippen LogP contribution >= 0.6 is 11.6 Å². The van der Waals surface area contributed by atoms with E-state index >= 15 is 0 Å². The third kappa shape index (κ3) is 4.73. The zero-order valence-corrected chi connectivity index (χ0v) is 14.6. The number of amides is 1. The second kappa shape index (κ2) is 8.38. The van der Waals surface area contributed by atoms with Gasteiger partial charge >= 0.3 is 0 Å². The first-order valence-corrected chi connectivity index (χ1v) is 8.06. The SMILES string of the molecule is CNC1CCCN(CC(=O)Nc2cc(Cl)c(OC)cc2OC)C1. The second-order valence-corrected chi connectivity index (χ2v) is 6.01. The van der Waals surface area contributed by atoms with Gasteiger partial charge in [0.1, 0.15) is 11.5 Å². The van der Waals surface area contributed by atoms with E-state index in [4.69, 9.17) is 21.1 Å². The zero-order chi connectivity index (χ0) is 16.8. The highest BCUT2D eigenvalue weighted by Crippen LogP contribution is 2.35. The molecule has 1 aromatic carbocycles. The smallest absolute Gasteiger partial charge is 0.238 e. The van der Waals surface area contributed by atoms with Crippen molar-refractivity contribution in [3.05, 3.63) is 17.2 Å². The Morgan fingerprint density at radius 2 is 2.09 bits per heavy atom. The molecule has 1 atom stereocenters. The molecule has 7 heteroatoms. The van der Waals surface area contributed by atoms with Crippen molar-refractivity contribution >= 4 is 23.2 Å². The van der Waals surface area contributed by atoms with Gasteiger partial charge in [0.05, 0.1) is 31.5 Å². The van der Waals surface area contributed by atoms with E-state index in [-0.39, 0.29) is 5.91 Å². The summed E-state index contributed by atoms with van der Waals surface area (Å²) in [6, 6.07) is 3.75. The monoisotopic (exact) mass is 341 g/mol. The number of hydrogen-bond donors (Lipinski definition) is 2. The average molecular weight is 342 g/mol. The highest BCUT2D eigenvalue weighted by atomic mass is 35.5. The Labute approximate surface area is 142 Å². The van der Waals surface area contributed by atoms with E-state index in [1.54, 1.807) is 19.2 Å². The standard InChI is InChI=1S/C16H24ClN3O3/c1-18-11-5-4-6-20(9-11)10-16(21)19-13-7-12(17)14(22-2)8-15(13)23-3/h7-8,11,18H,4-6,9-10H2,1-3H3,(H,19,21). The number of rotatable bonds is 6.